The number of nitrogens with zero attached hydrogens (tertiary/aromatic N) is 3. The Morgan fingerprint density at radius 1 is 1.10 bits per heavy atom. The van der Waals surface area contributed by atoms with Crippen LogP contribution >= 0.6 is 22.6 Å². The molecule has 0 amide bonds. The van der Waals surface area contributed by atoms with Crippen molar-refractivity contribution < 1.29 is 0 Å². The largest absolute Gasteiger partial charge is 0.372 e. The van der Waals surface area contributed by atoms with Gasteiger partial charge in [-0.2, -0.15) is 0 Å². The molecule has 4 nitrogen and oxygen atoms in total. The van der Waals surface area contributed by atoms with E-state index in [1.807, 2.05) is 33.0 Å². The van der Waals surface area contributed by atoms with Gasteiger partial charge in [-0.15, -0.1) is 0 Å². The fraction of sp³-hybridized carbons (Fsp3) is 0.400. The Hall–Kier alpha value is -1.24. The van der Waals surface area contributed by atoms with Gasteiger partial charge in [0, 0.05) is 29.9 Å². The molecule has 5 heteroatoms. The van der Waals surface area contributed by atoms with E-state index in [0.717, 1.165) is 32.2 Å². The molecule has 0 saturated heterocycles. The Kier molecular flexibility index (Phi) is 3.62. The molecule has 1 aliphatic rings. The van der Waals surface area contributed by atoms with E-state index in [1.165, 1.54) is 18.5 Å². The number of anilines is 1. The maximum absolute atomic E-state index is 4.81. The Labute approximate surface area is 132 Å². The van der Waals surface area contributed by atoms with Crippen molar-refractivity contribution in [1.82, 2.24) is 15.0 Å². The highest BCUT2D eigenvalue weighted by molar-refractivity contribution is 14.1. The van der Waals surface area contributed by atoms with E-state index in [0.29, 0.717) is 5.92 Å². The molecule has 0 aliphatic heterocycles. The first-order valence-electron chi connectivity index (χ1n) is 6.79. The lowest BCUT2D eigenvalue weighted by molar-refractivity contribution is 0.976. The molecule has 0 atom stereocenters. The summed E-state index contributed by atoms with van der Waals surface area (Å²) in [7, 11) is 1.91. The van der Waals surface area contributed by atoms with Crippen LogP contribution in [0.3, 0.4) is 0 Å². The predicted octanol–water partition coefficient (Wildman–Crippen LogP) is 3.68. The minimum Gasteiger partial charge on any atom is -0.372 e. The zero-order valence-electron chi connectivity index (χ0n) is 11.9. The molecule has 1 N–H and O–H groups in total. The van der Waals surface area contributed by atoms with Gasteiger partial charge in [-0.25, -0.2) is 9.97 Å². The van der Waals surface area contributed by atoms with Gasteiger partial charge >= 0.3 is 0 Å². The van der Waals surface area contributed by atoms with Gasteiger partial charge in [0.2, 0.25) is 0 Å². The molecule has 0 radical (unpaired) electrons. The van der Waals surface area contributed by atoms with Crippen molar-refractivity contribution in [2.75, 3.05) is 12.4 Å². The summed E-state index contributed by atoms with van der Waals surface area (Å²) < 4.78 is 1.15. The summed E-state index contributed by atoms with van der Waals surface area (Å²) in [5.74, 6) is 2.33. The average Bonchev–Trinajstić information content (AvgIpc) is 3.22. The molecule has 0 spiro atoms. The number of aryl methyl sites for hydroxylation is 2. The van der Waals surface area contributed by atoms with Crippen LogP contribution in [0.15, 0.2) is 12.1 Å². The van der Waals surface area contributed by atoms with Crippen molar-refractivity contribution in [2.24, 2.45) is 0 Å². The first-order chi connectivity index (χ1) is 9.58. The lowest BCUT2D eigenvalue weighted by atomic mass is 10.1. The summed E-state index contributed by atoms with van der Waals surface area (Å²) in [5.41, 5.74) is 4.24. The molecule has 2 heterocycles. The number of pyridine rings is 1. The predicted molar refractivity (Wildman–Crippen MR) is 89.0 cm³/mol. The second kappa shape index (κ2) is 5.27. The Bertz CT molecular complexity index is 645. The van der Waals surface area contributed by atoms with Crippen LogP contribution in [0.25, 0.3) is 11.4 Å². The van der Waals surface area contributed by atoms with Crippen LogP contribution in [0.1, 0.15) is 35.8 Å². The molecule has 2 aromatic heterocycles. The molecule has 1 saturated carbocycles. The highest BCUT2D eigenvalue weighted by Crippen LogP contribution is 2.42. The maximum atomic E-state index is 4.81. The quantitative estimate of drug-likeness (QED) is 0.826. The lowest BCUT2D eigenvalue weighted by Gasteiger charge is -2.11. The van der Waals surface area contributed by atoms with E-state index in [2.05, 4.69) is 37.9 Å². The van der Waals surface area contributed by atoms with Gasteiger partial charge in [0.25, 0.3) is 0 Å². The minimum absolute atomic E-state index is 0.611. The maximum Gasteiger partial charge on any atom is 0.161 e. The monoisotopic (exact) mass is 380 g/mol. The van der Waals surface area contributed by atoms with E-state index >= 15 is 0 Å². The summed E-state index contributed by atoms with van der Waals surface area (Å²) in [4.78, 5) is 13.9. The third-order valence-corrected chi connectivity index (χ3v) is 4.48. The van der Waals surface area contributed by atoms with Crippen LogP contribution in [0.2, 0.25) is 0 Å². The average molecular weight is 380 g/mol. The zero-order valence-corrected chi connectivity index (χ0v) is 14.0. The van der Waals surface area contributed by atoms with Gasteiger partial charge < -0.3 is 5.32 Å². The van der Waals surface area contributed by atoms with Gasteiger partial charge in [-0.05, 0) is 61.4 Å². The molecule has 0 aromatic carbocycles. The van der Waals surface area contributed by atoms with Crippen LogP contribution in [0.4, 0.5) is 5.82 Å². The normalized spacial score (nSPS) is 14.4. The fourth-order valence-electron chi connectivity index (χ4n) is 2.35. The van der Waals surface area contributed by atoms with E-state index in [9.17, 15) is 0 Å². The first kappa shape index (κ1) is 13.7. The van der Waals surface area contributed by atoms with Gasteiger partial charge in [0.05, 0.1) is 9.26 Å². The molecule has 1 aliphatic carbocycles. The minimum atomic E-state index is 0.611. The molecule has 3 rings (SSSR count). The highest BCUT2D eigenvalue weighted by atomic mass is 127. The summed E-state index contributed by atoms with van der Waals surface area (Å²) in [6.07, 6.45) is 2.48. The zero-order chi connectivity index (χ0) is 14.3. The number of halogens is 1. The van der Waals surface area contributed by atoms with Crippen molar-refractivity contribution in [3.8, 4) is 11.4 Å². The molecule has 0 bridgehead atoms. The Balaban J connectivity index is 2.15. The standard InChI is InChI=1S/C15H17IN4/c1-8-6-11(7-9(2)18-8)14-19-13(10-4-5-10)12(16)15(17-3)20-14/h6-7,10H,4-5H2,1-3H3,(H,17,19,20). The van der Waals surface area contributed by atoms with Crippen LogP contribution < -0.4 is 5.32 Å². The summed E-state index contributed by atoms with van der Waals surface area (Å²) >= 11 is 2.35. The molecular weight excluding hydrogens is 363 g/mol. The van der Waals surface area contributed by atoms with Crippen molar-refractivity contribution in [1.29, 1.82) is 0 Å². The van der Waals surface area contributed by atoms with Gasteiger partial charge in [0.1, 0.15) is 5.82 Å². The van der Waals surface area contributed by atoms with Crippen LogP contribution in [0, 0.1) is 17.4 Å². The number of hydrogen-bond acceptors (Lipinski definition) is 4. The second-order valence-corrected chi connectivity index (χ2v) is 6.34. The topological polar surface area (TPSA) is 50.7 Å². The number of hydrogen-bond donors (Lipinski definition) is 1. The summed E-state index contributed by atoms with van der Waals surface area (Å²) in [6, 6.07) is 4.09. The van der Waals surface area contributed by atoms with E-state index in [4.69, 9.17) is 4.98 Å². The molecular formula is C15H17IN4. The Morgan fingerprint density at radius 2 is 1.75 bits per heavy atom. The molecule has 104 valence electrons. The highest BCUT2D eigenvalue weighted by Gasteiger charge is 2.29. The third kappa shape index (κ3) is 2.63. The van der Waals surface area contributed by atoms with E-state index < -0.39 is 0 Å². The van der Waals surface area contributed by atoms with Crippen molar-refractivity contribution in [2.45, 2.75) is 32.6 Å². The number of nitrogens with one attached hydrogen (secondary N) is 1. The van der Waals surface area contributed by atoms with Crippen molar-refractivity contribution in [3.63, 3.8) is 0 Å². The van der Waals surface area contributed by atoms with Gasteiger partial charge in [-0.1, -0.05) is 0 Å². The molecule has 0 unspecified atom stereocenters. The van der Waals surface area contributed by atoms with Gasteiger partial charge in [-0.3, -0.25) is 4.98 Å². The van der Waals surface area contributed by atoms with Crippen LogP contribution in [0.5, 0.6) is 0 Å². The van der Waals surface area contributed by atoms with Crippen molar-refractivity contribution >= 4 is 28.4 Å². The summed E-state index contributed by atoms with van der Waals surface area (Å²) in [6.45, 7) is 4.01. The van der Waals surface area contributed by atoms with Crippen LogP contribution in [-0.4, -0.2) is 22.0 Å². The number of aromatic nitrogens is 3. The fourth-order valence-corrected chi connectivity index (χ4v) is 3.30. The molecule has 2 aromatic rings. The van der Waals surface area contributed by atoms with Crippen molar-refractivity contribution in [3.05, 3.63) is 32.8 Å². The van der Waals surface area contributed by atoms with Gasteiger partial charge in [0.15, 0.2) is 5.82 Å². The SMILES string of the molecule is CNc1nc(-c2cc(C)nc(C)c2)nc(C2CC2)c1I. The second-order valence-electron chi connectivity index (χ2n) is 5.26. The Morgan fingerprint density at radius 3 is 2.30 bits per heavy atom. The van der Waals surface area contributed by atoms with E-state index in [1.54, 1.807) is 0 Å². The summed E-state index contributed by atoms with van der Waals surface area (Å²) in [5, 5.41) is 3.18. The lowest BCUT2D eigenvalue weighted by Crippen LogP contribution is -2.05. The number of rotatable bonds is 3. The third-order valence-electron chi connectivity index (χ3n) is 3.42. The van der Waals surface area contributed by atoms with Crippen LogP contribution in [-0.2, 0) is 0 Å². The van der Waals surface area contributed by atoms with E-state index in [-0.39, 0.29) is 0 Å². The first-order valence-corrected chi connectivity index (χ1v) is 7.87. The molecule has 20 heavy (non-hydrogen) atoms. The molecule has 1 fully saturated rings. The smallest absolute Gasteiger partial charge is 0.161 e.